The first-order valence-electron chi connectivity index (χ1n) is 7.78. The summed E-state index contributed by atoms with van der Waals surface area (Å²) < 4.78 is 5.02. The Labute approximate surface area is 140 Å². The molecule has 1 fully saturated rings. The number of aliphatic carboxylic acids is 1. The lowest BCUT2D eigenvalue weighted by Gasteiger charge is -2.28. The van der Waals surface area contributed by atoms with Crippen molar-refractivity contribution in [3.63, 3.8) is 0 Å². The van der Waals surface area contributed by atoms with Gasteiger partial charge in [0.25, 0.3) is 5.91 Å². The number of rotatable bonds is 7. The summed E-state index contributed by atoms with van der Waals surface area (Å²) in [6.45, 7) is 2.40. The Hall–Kier alpha value is -2.41. The second-order valence-corrected chi connectivity index (χ2v) is 6.21. The highest BCUT2D eigenvalue weighted by atomic mass is 16.5. The minimum Gasteiger partial charge on any atom is -0.481 e. The van der Waals surface area contributed by atoms with Crippen molar-refractivity contribution in [3.8, 4) is 0 Å². The summed E-state index contributed by atoms with van der Waals surface area (Å²) in [4.78, 5) is 36.8. The molecule has 0 bridgehead atoms. The Morgan fingerprint density at radius 2 is 2.00 bits per heavy atom. The number of nitrogens with zero attached hydrogens (tertiary/aromatic N) is 1. The molecule has 0 spiro atoms. The number of benzene rings is 1. The molecule has 0 radical (unpaired) electrons. The van der Waals surface area contributed by atoms with E-state index in [2.05, 4.69) is 5.32 Å². The second kappa shape index (κ2) is 7.44. The Kier molecular flexibility index (Phi) is 5.56. The molecule has 0 aliphatic carbocycles. The zero-order valence-electron chi connectivity index (χ0n) is 13.9. The summed E-state index contributed by atoms with van der Waals surface area (Å²) in [6, 6.07) is 6.71. The number of methoxy groups -OCH3 is 1. The summed E-state index contributed by atoms with van der Waals surface area (Å²) in [6.07, 6.45) is 1.14. The van der Waals surface area contributed by atoms with Crippen LogP contribution in [-0.2, 0) is 14.3 Å². The van der Waals surface area contributed by atoms with E-state index in [1.165, 1.54) is 7.11 Å². The van der Waals surface area contributed by atoms with E-state index in [1.54, 1.807) is 36.1 Å². The normalized spacial score (nSPS) is 16.8. The van der Waals surface area contributed by atoms with Gasteiger partial charge in [-0.2, -0.15) is 0 Å². The first-order valence-corrected chi connectivity index (χ1v) is 7.78. The van der Waals surface area contributed by atoms with E-state index < -0.39 is 11.5 Å². The highest BCUT2D eigenvalue weighted by molar-refractivity contribution is 5.98. The van der Waals surface area contributed by atoms with Crippen LogP contribution in [0.4, 0.5) is 5.69 Å². The van der Waals surface area contributed by atoms with E-state index in [-0.39, 0.29) is 24.8 Å². The Morgan fingerprint density at radius 1 is 1.33 bits per heavy atom. The minimum absolute atomic E-state index is 0.0846. The SMILES string of the molecule is COCC(C)(CC(=O)O)NC(=O)c1ccc(N2CCCC2=O)cc1. The molecule has 0 saturated carbocycles. The maximum absolute atomic E-state index is 12.4. The molecule has 7 nitrogen and oxygen atoms in total. The van der Waals surface area contributed by atoms with Gasteiger partial charge in [-0.3, -0.25) is 14.4 Å². The van der Waals surface area contributed by atoms with Crippen molar-refractivity contribution >= 4 is 23.5 Å². The zero-order valence-corrected chi connectivity index (χ0v) is 13.9. The average Bonchev–Trinajstić information content (AvgIpc) is 2.92. The second-order valence-electron chi connectivity index (χ2n) is 6.21. The predicted octanol–water partition coefficient (Wildman–Crippen LogP) is 1.42. The van der Waals surface area contributed by atoms with Gasteiger partial charge in [0.1, 0.15) is 0 Å². The standard InChI is InChI=1S/C17H22N2O5/c1-17(11-24-2,10-15(21)22)18-16(23)12-5-7-13(8-6-12)19-9-3-4-14(19)20/h5-8H,3-4,9-11H2,1-2H3,(H,18,23)(H,21,22). The van der Waals surface area contributed by atoms with E-state index in [0.717, 1.165) is 12.1 Å². The van der Waals surface area contributed by atoms with E-state index in [1.807, 2.05) is 0 Å². The fourth-order valence-corrected chi connectivity index (χ4v) is 2.84. The highest BCUT2D eigenvalue weighted by Crippen LogP contribution is 2.22. The molecule has 1 saturated heterocycles. The molecule has 0 aromatic heterocycles. The van der Waals surface area contributed by atoms with Gasteiger partial charge in [-0.25, -0.2) is 0 Å². The average molecular weight is 334 g/mol. The van der Waals surface area contributed by atoms with Gasteiger partial charge in [-0.15, -0.1) is 0 Å². The van der Waals surface area contributed by atoms with Gasteiger partial charge in [0.05, 0.1) is 18.6 Å². The molecule has 7 heteroatoms. The third-order valence-electron chi connectivity index (χ3n) is 3.93. The number of carbonyl (C=O) groups is 3. The van der Waals surface area contributed by atoms with Gasteiger partial charge in [0, 0.05) is 31.3 Å². The van der Waals surface area contributed by atoms with Crippen LogP contribution in [0, 0.1) is 0 Å². The lowest BCUT2D eigenvalue weighted by atomic mass is 9.98. The van der Waals surface area contributed by atoms with Crippen molar-refractivity contribution in [3.05, 3.63) is 29.8 Å². The number of hydrogen-bond donors (Lipinski definition) is 2. The monoisotopic (exact) mass is 334 g/mol. The molecule has 1 aromatic carbocycles. The molecule has 2 rings (SSSR count). The maximum Gasteiger partial charge on any atom is 0.305 e. The van der Waals surface area contributed by atoms with Crippen LogP contribution in [0.15, 0.2) is 24.3 Å². The number of amides is 2. The van der Waals surface area contributed by atoms with Crippen LogP contribution < -0.4 is 10.2 Å². The van der Waals surface area contributed by atoms with Crippen LogP contribution in [0.1, 0.15) is 36.5 Å². The van der Waals surface area contributed by atoms with Crippen molar-refractivity contribution in [2.24, 2.45) is 0 Å². The number of anilines is 1. The number of carboxylic acid groups (broad SMARTS) is 1. The Balaban J connectivity index is 2.08. The Morgan fingerprint density at radius 3 is 2.50 bits per heavy atom. The molecule has 2 amide bonds. The van der Waals surface area contributed by atoms with Gasteiger partial charge in [0.2, 0.25) is 5.91 Å². The maximum atomic E-state index is 12.4. The lowest BCUT2D eigenvalue weighted by Crippen LogP contribution is -2.50. The summed E-state index contributed by atoms with van der Waals surface area (Å²) in [7, 11) is 1.45. The van der Waals surface area contributed by atoms with Gasteiger partial charge < -0.3 is 20.1 Å². The molecule has 1 aliphatic rings. The lowest BCUT2D eigenvalue weighted by molar-refractivity contribution is -0.139. The largest absolute Gasteiger partial charge is 0.481 e. The van der Waals surface area contributed by atoms with Crippen molar-refractivity contribution < 1.29 is 24.2 Å². The van der Waals surface area contributed by atoms with Crippen LogP contribution in [0.3, 0.4) is 0 Å². The summed E-state index contributed by atoms with van der Waals surface area (Å²) in [5, 5.41) is 11.7. The van der Waals surface area contributed by atoms with E-state index in [4.69, 9.17) is 9.84 Å². The quantitative estimate of drug-likeness (QED) is 0.786. The molecular weight excluding hydrogens is 312 g/mol. The van der Waals surface area contributed by atoms with Crippen molar-refractivity contribution in [2.45, 2.75) is 31.7 Å². The number of carboxylic acids is 1. The van der Waals surface area contributed by atoms with Crippen LogP contribution in [0.2, 0.25) is 0 Å². The van der Waals surface area contributed by atoms with Crippen molar-refractivity contribution in [1.29, 1.82) is 0 Å². The molecule has 1 atom stereocenters. The fourth-order valence-electron chi connectivity index (χ4n) is 2.84. The minimum atomic E-state index is -1.02. The van der Waals surface area contributed by atoms with Gasteiger partial charge >= 0.3 is 5.97 Å². The predicted molar refractivity (Wildman–Crippen MR) is 88.0 cm³/mol. The van der Waals surface area contributed by atoms with Gasteiger partial charge in [-0.1, -0.05) is 0 Å². The first-order chi connectivity index (χ1) is 11.3. The first kappa shape index (κ1) is 17.9. The van der Waals surface area contributed by atoms with Crippen LogP contribution in [0.5, 0.6) is 0 Å². The van der Waals surface area contributed by atoms with E-state index in [9.17, 15) is 14.4 Å². The third-order valence-corrected chi connectivity index (χ3v) is 3.93. The highest BCUT2D eigenvalue weighted by Gasteiger charge is 2.30. The summed E-state index contributed by atoms with van der Waals surface area (Å²) in [5.74, 6) is -1.31. The van der Waals surface area contributed by atoms with Crippen LogP contribution in [-0.4, -0.2) is 48.7 Å². The molecule has 1 heterocycles. The molecule has 130 valence electrons. The zero-order chi connectivity index (χ0) is 17.7. The third kappa shape index (κ3) is 4.32. The van der Waals surface area contributed by atoms with Crippen LogP contribution >= 0.6 is 0 Å². The molecular formula is C17H22N2O5. The van der Waals surface area contributed by atoms with Crippen molar-refractivity contribution in [1.82, 2.24) is 5.32 Å². The summed E-state index contributed by atoms with van der Waals surface area (Å²) >= 11 is 0. The molecule has 1 aliphatic heterocycles. The number of carbonyl (C=O) groups excluding carboxylic acids is 2. The Bertz CT molecular complexity index is 628. The molecule has 1 unspecified atom stereocenters. The molecule has 1 aromatic rings. The number of ether oxygens (including phenoxy) is 1. The van der Waals surface area contributed by atoms with Crippen molar-refractivity contribution in [2.75, 3.05) is 25.2 Å². The molecule has 24 heavy (non-hydrogen) atoms. The molecule has 2 N–H and O–H groups in total. The van der Waals surface area contributed by atoms with E-state index >= 15 is 0 Å². The number of hydrogen-bond acceptors (Lipinski definition) is 4. The fraction of sp³-hybridized carbons (Fsp3) is 0.471. The smallest absolute Gasteiger partial charge is 0.305 e. The van der Waals surface area contributed by atoms with Gasteiger partial charge in [-0.05, 0) is 37.6 Å². The van der Waals surface area contributed by atoms with Crippen LogP contribution in [0.25, 0.3) is 0 Å². The number of nitrogens with one attached hydrogen (secondary N) is 1. The van der Waals surface area contributed by atoms with E-state index in [0.29, 0.717) is 18.5 Å². The van der Waals surface area contributed by atoms with Gasteiger partial charge in [0.15, 0.2) is 0 Å². The summed E-state index contributed by atoms with van der Waals surface area (Å²) in [5.41, 5.74) is 0.165. The topological polar surface area (TPSA) is 95.9 Å².